The summed E-state index contributed by atoms with van der Waals surface area (Å²) in [6, 6.07) is 0. The van der Waals surface area contributed by atoms with Gasteiger partial charge in [-0.3, -0.25) is 9.59 Å². The molecule has 0 aromatic heterocycles. The molecule has 3 unspecified atom stereocenters. The van der Waals surface area contributed by atoms with Crippen LogP contribution in [0.15, 0.2) is 0 Å². The van der Waals surface area contributed by atoms with E-state index in [1.165, 1.54) is 14.2 Å². The molecule has 3 aliphatic rings. The number of rotatable bonds is 2. The predicted molar refractivity (Wildman–Crippen MR) is 61.1 cm³/mol. The zero-order valence-electron chi connectivity index (χ0n) is 11.1. The highest BCUT2D eigenvalue weighted by atomic mass is 16.5. The maximum atomic E-state index is 12.1. The Labute approximate surface area is 102 Å². The van der Waals surface area contributed by atoms with E-state index in [0.29, 0.717) is 6.42 Å². The van der Waals surface area contributed by atoms with Crippen LogP contribution in [0.2, 0.25) is 0 Å². The van der Waals surface area contributed by atoms with Crippen LogP contribution in [0.1, 0.15) is 33.6 Å². The van der Waals surface area contributed by atoms with E-state index < -0.39 is 5.41 Å². The van der Waals surface area contributed by atoms with Gasteiger partial charge in [0, 0.05) is 0 Å². The van der Waals surface area contributed by atoms with Gasteiger partial charge in [-0.25, -0.2) is 0 Å². The molecule has 0 amide bonds. The molecule has 3 atom stereocenters. The van der Waals surface area contributed by atoms with Crippen LogP contribution in [0, 0.1) is 22.2 Å². The summed E-state index contributed by atoms with van der Waals surface area (Å²) in [5, 5.41) is 0. The number of hydrogen-bond donors (Lipinski definition) is 0. The Morgan fingerprint density at radius 3 is 2.06 bits per heavy atom. The van der Waals surface area contributed by atoms with Gasteiger partial charge in [0.25, 0.3) is 0 Å². The zero-order chi connectivity index (χ0) is 13.1. The molecule has 17 heavy (non-hydrogen) atoms. The molecule has 0 aliphatic heterocycles. The van der Waals surface area contributed by atoms with Crippen molar-refractivity contribution in [1.82, 2.24) is 0 Å². The topological polar surface area (TPSA) is 52.6 Å². The fourth-order valence-electron chi connectivity index (χ4n) is 4.30. The highest BCUT2D eigenvalue weighted by Crippen LogP contribution is 2.81. The predicted octanol–water partition coefficient (Wildman–Crippen LogP) is 1.77. The molecule has 4 nitrogen and oxygen atoms in total. The minimum Gasteiger partial charge on any atom is -0.469 e. The second-order valence-corrected chi connectivity index (χ2v) is 5.96. The molecule has 0 N–H and O–H groups in total. The first-order chi connectivity index (χ1) is 7.79. The van der Waals surface area contributed by atoms with E-state index in [-0.39, 0.29) is 28.7 Å². The summed E-state index contributed by atoms with van der Waals surface area (Å²) >= 11 is 0. The van der Waals surface area contributed by atoms with Crippen LogP contribution in [0.25, 0.3) is 0 Å². The molecular formula is C13H20O4. The van der Waals surface area contributed by atoms with Crippen molar-refractivity contribution in [3.63, 3.8) is 0 Å². The average Bonchev–Trinajstić information content (AvgIpc) is 2.74. The number of fused-ring (bicyclic) bond motifs is 1. The quantitative estimate of drug-likeness (QED) is 0.690. The molecule has 0 aromatic carbocycles. The summed E-state index contributed by atoms with van der Waals surface area (Å²) in [5.74, 6) is -0.912. The average molecular weight is 240 g/mol. The van der Waals surface area contributed by atoms with Gasteiger partial charge in [0.05, 0.1) is 25.6 Å². The van der Waals surface area contributed by atoms with Gasteiger partial charge < -0.3 is 9.47 Å². The molecule has 3 aliphatic carbocycles. The Morgan fingerprint density at radius 2 is 1.65 bits per heavy atom. The van der Waals surface area contributed by atoms with Crippen LogP contribution in [0.4, 0.5) is 0 Å². The van der Waals surface area contributed by atoms with Crippen molar-refractivity contribution in [2.24, 2.45) is 22.2 Å². The minimum atomic E-state index is -0.691. The number of methoxy groups -OCH3 is 2. The van der Waals surface area contributed by atoms with E-state index in [1.807, 2.05) is 0 Å². The summed E-state index contributed by atoms with van der Waals surface area (Å²) in [5.41, 5.74) is -1.07. The second kappa shape index (κ2) is 3.24. The molecule has 3 fully saturated rings. The van der Waals surface area contributed by atoms with Crippen LogP contribution in [0.5, 0.6) is 0 Å². The molecule has 0 saturated heterocycles. The van der Waals surface area contributed by atoms with Gasteiger partial charge in [-0.2, -0.15) is 0 Å². The highest BCUT2D eigenvalue weighted by molar-refractivity contribution is 5.91. The van der Waals surface area contributed by atoms with E-state index >= 15 is 0 Å². The first kappa shape index (κ1) is 12.4. The molecular weight excluding hydrogens is 220 g/mol. The Bertz CT molecular complexity index is 384. The van der Waals surface area contributed by atoms with Gasteiger partial charge >= 0.3 is 11.9 Å². The Morgan fingerprint density at radius 1 is 1.06 bits per heavy atom. The zero-order valence-corrected chi connectivity index (χ0v) is 11.1. The first-order valence-corrected chi connectivity index (χ1v) is 5.96. The maximum Gasteiger partial charge on any atom is 0.313 e. The Balaban J connectivity index is 2.49. The third-order valence-electron chi connectivity index (χ3n) is 5.70. The standard InChI is InChI=1S/C13H20O4/c1-11(2)12(3)6-7-13(11,10(15)17-5)8(12)9(14)16-4/h8H,6-7H2,1-5H3. The molecule has 3 saturated carbocycles. The van der Waals surface area contributed by atoms with Crippen molar-refractivity contribution in [1.29, 1.82) is 0 Å². The van der Waals surface area contributed by atoms with Crippen LogP contribution in [0.3, 0.4) is 0 Å². The smallest absolute Gasteiger partial charge is 0.313 e. The summed E-state index contributed by atoms with van der Waals surface area (Å²) in [6.45, 7) is 6.18. The Hall–Kier alpha value is -1.06. The van der Waals surface area contributed by atoms with Crippen LogP contribution >= 0.6 is 0 Å². The normalized spacial score (nSPS) is 41.6. The maximum absolute atomic E-state index is 12.1. The minimum absolute atomic E-state index is 0.158. The number of carbonyl (C=O) groups excluding carboxylic acids is 2. The van der Waals surface area contributed by atoms with Crippen molar-refractivity contribution in [3.8, 4) is 0 Å². The highest BCUT2D eigenvalue weighted by Gasteiger charge is 2.83. The van der Waals surface area contributed by atoms with Crippen molar-refractivity contribution in [2.45, 2.75) is 33.6 Å². The van der Waals surface area contributed by atoms with Gasteiger partial charge in [-0.1, -0.05) is 20.8 Å². The van der Waals surface area contributed by atoms with Gasteiger partial charge in [0.1, 0.15) is 0 Å². The third-order valence-corrected chi connectivity index (χ3v) is 5.70. The van der Waals surface area contributed by atoms with Crippen molar-refractivity contribution >= 4 is 11.9 Å². The van der Waals surface area contributed by atoms with Gasteiger partial charge in [0.15, 0.2) is 0 Å². The van der Waals surface area contributed by atoms with Crippen molar-refractivity contribution < 1.29 is 19.1 Å². The van der Waals surface area contributed by atoms with Crippen molar-refractivity contribution in [3.05, 3.63) is 0 Å². The van der Waals surface area contributed by atoms with Gasteiger partial charge in [-0.15, -0.1) is 0 Å². The number of esters is 2. The lowest BCUT2D eigenvalue weighted by Gasteiger charge is -2.63. The van der Waals surface area contributed by atoms with E-state index in [9.17, 15) is 9.59 Å². The second-order valence-electron chi connectivity index (χ2n) is 5.96. The van der Waals surface area contributed by atoms with E-state index in [2.05, 4.69) is 20.8 Å². The largest absolute Gasteiger partial charge is 0.469 e. The molecule has 0 spiro atoms. The summed E-state index contributed by atoms with van der Waals surface area (Å²) in [7, 11) is 2.76. The third kappa shape index (κ3) is 1.00. The number of hydrogen-bond acceptors (Lipinski definition) is 4. The molecule has 3 rings (SSSR count). The molecule has 96 valence electrons. The molecule has 0 radical (unpaired) electrons. The monoisotopic (exact) mass is 240 g/mol. The SMILES string of the molecule is COC(=O)C1C2(C)CCC1(C(=O)OC)C2(C)C. The fraction of sp³-hybridized carbons (Fsp3) is 0.846. The molecule has 2 bridgehead atoms. The Kier molecular flexibility index (Phi) is 2.36. The molecule has 4 heteroatoms. The molecule has 0 heterocycles. The fourth-order valence-corrected chi connectivity index (χ4v) is 4.30. The lowest BCUT2D eigenvalue weighted by Crippen LogP contribution is -2.68. The lowest BCUT2D eigenvalue weighted by atomic mass is 9.38. The summed E-state index contributed by atoms with van der Waals surface area (Å²) < 4.78 is 9.80. The van der Waals surface area contributed by atoms with Crippen LogP contribution < -0.4 is 0 Å². The van der Waals surface area contributed by atoms with Crippen LogP contribution in [-0.4, -0.2) is 26.2 Å². The van der Waals surface area contributed by atoms with Gasteiger partial charge in [-0.05, 0) is 23.7 Å². The van der Waals surface area contributed by atoms with Crippen LogP contribution in [-0.2, 0) is 19.1 Å². The number of carbonyl (C=O) groups is 2. The van der Waals surface area contributed by atoms with E-state index in [4.69, 9.17) is 9.47 Å². The van der Waals surface area contributed by atoms with E-state index in [1.54, 1.807) is 0 Å². The lowest BCUT2D eigenvalue weighted by molar-refractivity contribution is -0.227. The number of ether oxygens (including phenoxy) is 2. The van der Waals surface area contributed by atoms with Gasteiger partial charge in [0.2, 0.25) is 0 Å². The summed E-state index contributed by atoms with van der Waals surface area (Å²) in [6.07, 6.45) is 1.58. The van der Waals surface area contributed by atoms with E-state index in [0.717, 1.165) is 6.42 Å². The first-order valence-electron chi connectivity index (χ1n) is 5.96. The van der Waals surface area contributed by atoms with Crippen molar-refractivity contribution in [2.75, 3.05) is 14.2 Å². The molecule has 0 aromatic rings. The summed E-state index contributed by atoms with van der Waals surface area (Å²) in [4.78, 5) is 24.1.